The first-order valence-electron chi connectivity index (χ1n) is 12.1. The third kappa shape index (κ3) is 8.04. The van der Waals surface area contributed by atoms with Crippen molar-refractivity contribution in [1.82, 2.24) is 4.90 Å². The van der Waals surface area contributed by atoms with Gasteiger partial charge >= 0.3 is 18.4 Å². The molecule has 216 valence electrons. The molecule has 0 spiro atoms. The lowest BCUT2D eigenvalue weighted by Gasteiger charge is -2.25. The summed E-state index contributed by atoms with van der Waals surface area (Å²) in [5, 5.41) is 2.43. The van der Waals surface area contributed by atoms with Crippen molar-refractivity contribution in [2.24, 2.45) is 0 Å². The van der Waals surface area contributed by atoms with Crippen LogP contribution in [0, 0.1) is 0 Å². The average molecular weight is 597 g/mol. The summed E-state index contributed by atoms with van der Waals surface area (Å²) in [6.45, 7) is 0.943. The Morgan fingerprint density at radius 2 is 1.56 bits per heavy atom. The van der Waals surface area contributed by atoms with Crippen LogP contribution in [0.4, 0.5) is 36.8 Å². The normalized spacial score (nSPS) is 14.2. The van der Waals surface area contributed by atoms with E-state index in [0.717, 1.165) is 24.3 Å². The van der Waals surface area contributed by atoms with Crippen molar-refractivity contribution in [1.29, 1.82) is 0 Å². The van der Waals surface area contributed by atoms with E-state index >= 15 is 0 Å². The van der Waals surface area contributed by atoms with E-state index < -0.39 is 45.9 Å². The summed E-state index contributed by atoms with van der Waals surface area (Å²) in [7, 11) is 0. The minimum absolute atomic E-state index is 0.131. The fraction of sp³-hybridized carbons (Fsp3) is 0.214. The first-order chi connectivity index (χ1) is 19.4. The number of ether oxygens (including phenoxy) is 2. The van der Waals surface area contributed by atoms with Crippen LogP contribution in [-0.4, -0.2) is 43.2 Å². The number of carbonyl (C=O) groups excluding carboxylic acids is 2. The van der Waals surface area contributed by atoms with E-state index in [2.05, 4.69) is 5.32 Å². The van der Waals surface area contributed by atoms with Crippen LogP contribution in [0.25, 0.3) is 6.08 Å². The maximum absolute atomic E-state index is 14.2. The monoisotopic (exact) mass is 596 g/mol. The Kier molecular flexibility index (Phi) is 9.28. The number of rotatable bonds is 6. The number of anilines is 1. The van der Waals surface area contributed by atoms with Gasteiger partial charge in [0.1, 0.15) is 5.75 Å². The number of hydrogen-bond acceptors (Lipinski definition) is 5. The zero-order chi connectivity index (χ0) is 29.6. The number of hydrogen-bond donors (Lipinski definition) is 1. The number of nitrogens with zero attached hydrogens (tertiary/aromatic N) is 1. The molecule has 1 heterocycles. The fourth-order valence-electron chi connectivity index (χ4n) is 3.96. The number of alkyl halides is 6. The lowest BCUT2D eigenvalue weighted by molar-refractivity contribution is -0.163. The van der Waals surface area contributed by atoms with Crippen molar-refractivity contribution in [3.05, 3.63) is 89.5 Å². The van der Waals surface area contributed by atoms with Crippen LogP contribution in [0.1, 0.15) is 16.7 Å². The maximum atomic E-state index is 14.2. The van der Waals surface area contributed by atoms with Gasteiger partial charge in [-0.25, -0.2) is 4.79 Å². The van der Waals surface area contributed by atoms with E-state index in [9.17, 15) is 35.9 Å². The molecule has 1 saturated heterocycles. The summed E-state index contributed by atoms with van der Waals surface area (Å²) >= 11 is 0.447. The Morgan fingerprint density at radius 3 is 2.22 bits per heavy atom. The highest BCUT2D eigenvalue weighted by Crippen LogP contribution is 2.48. The molecule has 0 aromatic heterocycles. The van der Waals surface area contributed by atoms with Crippen molar-refractivity contribution in [3.63, 3.8) is 0 Å². The minimum Gasteiger partial charge on any atom is -0.410 e. The standard InChI is InChI=1S/C28H22F6N2O4S/c29-27(30,31)24-18(10-12-23(37)36-13-15-39-16-14-36)9-11-22(25(24)28(32,33)34)41-21-8-4-5-19(17-21)35-26(38)40-20-6-2-1-3-7-20/h1-12,17H,13-16H2,(H,35,38)/b12-10+. The molecule has 0 saturated carbocycles. The predicted molar refractivity (Wildman–Crippen MR) is 140 cm³/mol. The van der Waals surface area contributed by atoms with Gasteiger partial charge in [0.2, 0.25) is 5.91 Å². The van der Waals surface area contributed by atoms with Gasteiger partial charge in [-0.05, 0) is 48.0 Å². The maximum Gasteiger partial charge on any atom is 0.418 e. The van der Waals surface area contributed by atoms with E-state index in [-0.39, 0.29) is 42.6 Å². The molecule has 6 nitrogen and oxygen atoms in total. The summed E-state index contributed by atoms with van der Waals surface area (Å²) in [5.41, 5.74) is -4.42. The molecule has 0 aliphatic carbocycles. The van der Waals surface area contributed by atoms with Crippen LogP contribution in [0.5, 0.6) is 5.75 Å². The van der Waals surface area contributed by atoms with Crippen LogP contribution in [0.15, 0.2) is 82.6 Å². The summed E-state index contributed by atoms with van der Waals surface area (Å²) in [5.74, 6) is -0.380. The summed E-state index contributed by atoms with van der Waals surface area (Å²) in [6, 6.07) is 15.5. The highest BCUT2D eigenvalue weighted by atomic mass is 32.2. The van der Waals surface area contributed by atoms with Gasteiger partial charge in [-0.15, -0.1) is 0 Å². The summed E-state index contributed by atoms with van der Waals surface area (Å²) in [4.78, 5) is 25.3. The van der Waals surface area contributed by atoms with Gasteiger partial charge in [0.15, 0.2) is 0 Å². The number of para-hydroxylation sites is 1. The molecule has 0 bridgehead atoms. The number of morpholine rings is 1. The van der Waals surface area contributed by atoms with E-state index in [1.54, 1.807) is 30.3 Å². The molecule has 1 N–H and O–H groups in total. The average Bonchev–Trinajstić information content (AvgIpc) is 2.92. The van der Waals surface area contributed by atoms with Gasteiger partial charge in [0.05, 0.1) is 24.3 Å². The van der Waals surface area contributed by atoms with Crippen LogP contribution in [0.2, 0.25) is 0 Å². The summed E-state index contributed by atoms with van der Waals surface area (Å²) in [6.07, 6.45) is -10.1. The molecular weight excluding hydrogens is 574 g/mol. The van der Waals surface area contributed by atoms with Gasteiger partial charge in [0, 0.05) is 34.6 Å². The Balaban J connectivity index is 1.62. The largest absolute Gasteiger partial charge is 0.418 e. The second kappa shape index (κ2) is 12.7. The van der Waals surface area contributed by atoms with Crippen molar-refractivity contribution >= 4 is 35.5 Å². The molecule has 1 fully saturated rings. The van der Waals surface area contributed by atoms with Gasteiger partial charge in [-0.2, -0.15) is 26.3 Å². The van der Waals surface area contributed by atoms with Gasteiger partial charge in [-0.1, -0.05) is 42.1 Å². The zero-order valence-electron chi connectivity index (χ0n) is 21.1. The van der Waals surface area contributed by atoms with Gasteiger partial charge < -0.3 is 14.4 Å². The van der Waals surface area contributed by atoms with E-state index in [4.69, 9.17) is 9.47 Å². The van der Waals surface area contributed by atoms with E-state index in [0.29, 0.717) is 11.8 Å². The molecule has 0 atom stereocenters. The Morgan fingerprint density at radius 1 is 0.878 bits per heavy atom. The van der Waals surface area contributed by atoms with Crippen LogP contribution in [-0.2, 0) is 21.9 Å². The molecule has 0 radical (unpaired) electrons. The Labute approximate surface area is 234 Å². The first-order valence-corrected chi connectivity index (χ1v) is 12.9. The lowest BCUT2D eigenvalue weighted by atomic mass is 9.99. The molecular formula is C28H22F6N2O4S. The number of benzene rings is 3. The van der Waals surface area contributed by atoms with Gasteiger partial charge in [0.25, 0.3) is 0 Å². The highest BCUT2D eigenvalue weighted by molar-refractivity contribution is 7.99. The van der Waals surface area contributed by atoms with Crippen LogP contribution >= 0.6 is 11.8 Å². The molecule has 41 heavy (non-hydrogen) atoms. The fourth-order valence-corrected chi connectivity index (χ4v) is 5.01. The Bertz CT molecular complexity index is 1420. The lowest BCUT2D eigenvalue weighted by Crippen LogP contribution is -2.39. The second-order valence-corrected chi connectivity index (χ2v) is 9.74. The molecule has 1 aliphatic heterocycles. The topological polar surface area (TPSA) is 67.9 Å². The molecule has 1 aliphatic rings. The number of halogens is 6. The molecule has 3 aromatic carbocycles. The predicted octanol–water partition coefficient (Wildman–Crippen LogP) is 7.36. The van der Waals surface area contributed by atoms with Crippen molar-refractivity contribution in [2.45, 2.75) is 22.1 Å². The SMILES string of the molecule is O=C(Nc1cccc(Sc2ccc(/C=C/C(=O)N3CCOCC3)c(C(F)(F)F)c2C(F)(F)F)c1)Oc1ccccc1. The quantitative estimate of drug-likeness (QED) is 0.238. The third-order valence-corrected chi connectivity index (χ3v) is 6.81. The zero-order valence-corrected chi connectivity index (χ0v) is 21.9. The second-order valence-electron chi connectivity index (χ2n) is 8.63. The minimum atomic E-state index is -5.38. The van der Waals surface area contributed by atoms with Crippen molar-refractivity contribution < 1.29 is 45.4 Å². The summed E-state index contributed by atoms with van der Waals surface area (Å²) < 4.78 is 95.1. The van der Waals surface area contributed by atoms with E-state index in [1.807, 2.05) is 0 Å². The van der Waals surface area contributed by atoms with Crippen LogP contribution in [0.3, 0.4) is 0 Å². The molecule has 13 heteroatoms. The number of nitrogens with one attached hydrogen (secondary N) is 1. The van der Waals surface area contributed by atoms with Gasteiger partial charge in [-0.3, -0.25) is 10.1 Å². The van der Waals surface area contributed by atoms with Crippen molar-refractivity contribution in [2.75, 3.05) is 31.6 Å². The highest BCUT2D eigenvalue weighted by Gasteiger charge is 2.46. The Hall–Kier alpha value is -3.97. The van der Waals surface area contributed by atoms with E-state index in [1.165, 1.54) is 29.2 Å². The number of amides is 2. The third-order valence-electron chi connectivity index (χ3n) is 5.76. The molecule has 0 unspecified atom stereocenters. The van der Waals surface area contributed by atoms with Crippen molar-refractivity contribution in [3.8, 4) is 5.75 Å². The molecule has 4 rings (SSSR count). The molecule has 2 amide bonds. The van der Waals surface area contributed by atoms with Crippen LogP contribution < -0.4 is 10.1 Å². The molecule has 3 aromatic rings. The first kappa shape index (κ1) is 30.0. The number of carbonyl (C=O) groups is 2. The smallest absolute Gasteiger partial charge is 0.410 e.